The van der Waals surface area contributed by atoms with Crippen LogP contribution in [0.1, 0.15) is 31.0 Å². The quantitative estimate of drug-likeness (QED) is 0.915. The summed E-state index contributed by atoms with van der Waals surface area (Å²) in [6.07, 6.45) is 0.881. The fraction of sp³-hybridized carbons (Fsp3) is 0.533. The molecule has 7 heteroatoms. The predicted octanol–water partition coefficient (Wildman–Crippen LogP) is 3.08. The summed E-state index contributed by atoms with van der Waals surface area (Å²) in [4.78, 5) is 4.44. The monoisotopic (exact) mass is 312 g/mol. The number of fused-ring (bicyclic) bond motifs is 1. The fourth-order valence-corrected chi connectivity index (χ4v) is 2.77. The molecule has 0 spiro atoms. The highest BCUT2D eigenvalue weighted by Crippen LogP contribution is 2.33. The number of anilines is 1. The molecule has 0 saturated carbocycles. The first-order valence-corrected chi connectivity index (χ1v) is 7.53. The van der Waals surface area contributed by atoms with Crippen molar-refractivity contribution in [3.05, 3.63) is 29.7 Å². The zero-order valence-corrected chi connectivity index (χ0v) is 12.4. The third-order valence-electron chi connectivity index (χ3n) is 3.99. The molecule has 4 nitrogen and oxygen atoms in total. The molecule has 2 N–H and O–H groups in total. The fourth-order valence-electron chi connectivity index (χ4n) is 2.77. The largest absolute Gasteiger partial charge is 0.417 e. The Morgan fingerprint density at radius 1 is 1.32 bits per heavy atom. The minimum atomic E-state index is -4.37. The molecule has 0 atom stereocenters. The van der Waals surface area contributed by atoms with Crippen LogP contribution in [0.15, 0.2) is 18.5 Å². The van der Waals surface area contributed by atoms with Gasteiger partial charge in [0, 0.05) is 18.4 Å². The van der Waals surface area contributed by atoms with Crippen LogP contribution in [0.2, 0.25) is 0 Å². The van der Waals surface area contributed by atoms with Gasteiger partial charge in [-0.25, -0.2) is 4.98 Å². The molecule has 1 aliphatic heterocycles. The van der Waals surface area contributed by atoms with Crippen LogP contribution in [0, 0.1) is 0 Å². The normalized spacial score (nSPS) is 17.1. The van der Waals surface area contributed by atoms with Crippen molar-refractivity contribution in [2.24, 2.45) is 0 Å². The molecule has 1 aliphatic rings. The minimum Gasteiger partial charge on any atom is -0.379 e. The van der Waals surface area contributed by atoms with Crippen LogP contribution >= 0.6 is 0 Å². The smallest absolute Gasteiger partial charge is 0.379 e. The van der Waals surface area contributed by atoms with Crippen LogP contribution in [0.3, 0.4) is 0 Å². The van der Waals surface area contributed by atoms with Crippen molar-refractivity contribution in [2.45, 2.75) is 38.4 Å². The van der Waals surface area contributed by atoms with Gasteiger partial charge in [-0.2, -0.15) is 13.2 Å². The number of halogens is 3. The second kappa shape index (κ2) is 5.79. The van der Waals surface area contributed by atoms with Gasteiger partial charge in [0.05, 0.1) is 16.9 Å². The first kappa shape index (κ1) is 15.1. The van der Waals surface area contributed by atoms with Crippen molar-refractivity contribution in [1.29, 1.82) is 0 Å². The third-order valence-corrected chi connectivity index (χ3v) is 3.99. The summed E-state index contributed by atoms with van der Waals surface area (Å²) in [7, 11) is 0. The van der Waals surface area contributed by atoms with Crippen LogP contribution in [0.4, 0.5) is 18.9 Å². The molecular formula is C15H19F3N4. The molecule has 1 fully saturated rings. The Balaban J connectivity index is 2.02. The van der Waals surface area contributed by atoms with E-state index in [1.165, 1.54) is 10.5 Å². The molecule has 0 aromatic carbocycles. The Hall–Kier alpha value is -1.76. The zero-order chi connectivity index (χ0) is 15.7. The van der Waals surface area contributed by atoms with E-state index in [-0.39, 0.29) is 6.04 Å². The van der Waals surface area contributed by atoms with Gasteiger partial charge in [-0.3, -0.25) is 0 Å². The molecule has 3 heterocycles. The van der Waals surface area contributed by atoms with Gasteiger partial charge in [0.1, 0.15) is 0 Å². The van der Waals surface area contributed by atoms with E-state index in [0.717, 1.165) is 37.8 Å². The van der Waals surface area contributed by atoms with Crippen molar-refractivity contribution < 1.29 is 13.2 Å². The topological polar surface area (TPSA) is 41.4 Å². The van der Waals surface area contributed by atoms with Crippen molar-refractivity contribution in [1.82, 2.24) is 14.7 Å². The lowest BCUT2D eigenvalue weighted by Gasteiger charge is -2.25. The van der Waals surface area contributed by atoms with Crippen molar-refractivity contribution in [2.75, 3.05) is 18.4 Å². The Morgan fingerprint density at radius 2 is 2.05 bits per heavy atom. The number of nitrogens with one attached hydrogen (secondary N) is 2. The number of imidazole rings is 1. The van der Waals surface area contributed by atoms with Crippen molar-refractivity contribution in [3.8, 4) is 0 Å². The van der Waals surface area contributed by atoms with E-state index in [1.807, 2.05) is 6.92 Å². The summed E-state index contributed by atoms with van der Waals surface area (Å²) in [6.45, 7) is 3.69. The van der Waals surface area contributed by atoms with Gasteiger partial charge in [-0.15, -0.1) is 0 Å². The number of hydrogen-bond donors (Lipinski definition) is 2. The maximum Gasteiger partial charge on any atom is 0.417 e. The van der Waals surface area contributed by atoms with Crippen LogP contribution < -0.4 is 10.6 Å². The van der Waals surface area contributed by atoms with Gasteiger partial charge >= 0.3 is 6.18 Å². The van der Waals surface area contributed by atoms with E-state index in [1.54, 1.807) is 6.20 Å². The summed E-state index contributed by atoms with van der Waals surface area (Å²) in [5, 5.41) is 6.50. The average molecular weight is 312 g/mol. The summed E-state index contributed by atoms with van der Waals surface area (Å²) >= 11 is 0. The molecule has 0 amide bonds. The number of aromatic nitrogens is 2. The summed E-state index contributed by atoms with van der Waals surface area (Å²) in [5.74, 6) is 0. The molecule has 2 aromatic heterocycles. The maximum absolute atomic E-state index is 13.1. The van der Waals surface area contributed by atoms with Gasteiger partial charge < -0.3 is 15.0 Å². The highest BCUT2D eigenvalue weighted by molar-refractivity contribution is 5.69. The molecule has 0 bridgehead atoms. The van der Waals surface area contributed by atoms with Gasteiger partial charge in [0.2, 0.25) is 0 Å². The van der Waals surface area contributed by atoms with E-state index in [2.05, 4.69) is 15.6 Å². The number of piperidine rings is 1. The molecule has 0 unspecified atom stereocenters. The Bertz CT molecular complexity index is 657. The highest BCUT2D eigenvalue weighted by Gasteiger charge is 2.32. The van der Waals surface area contributed by atoms with Crippen molar-refractivity contribution in [3.63, 3.8) is 0 Å². The lowest BCUT2D eigenvalue weighted by Crippen LogP contribution is -2.35. The standard InChI is InChI=1S/C15H19F3N4/c1-2-11-9-22-8-10(15(16,17)18)7-13(14(22)21-11)20-12-3-5-19-6-4-12/h7-9,12,19-20H,2-6H2,1H3. The Kier molecular flexibility index (Phi) is 3.99. The zero-order valence-electron chi connectivity index (χ0n) is 12.4. The number of aryl methyl sites for hydroxylation is 1. The van der Waals surface area contributed by atoms with E-state index < -0.39 is 11.7 Å². The van der Waals surface area contributed by atoms with Crippen LogP contribution in [-0.4, -0.2) is 28.5 Å². The van der Waals surface area contributed by atoms with Crippen LogP contribution in [0.25, 0.3) is 5.65 Å². The number of pyridine rings is 1. The van der Waals surface area contributed by atoms with Gasteiger partial charge in [-0.1, -0.05) is 6.92 Å². The summed E-state index contributed by atoms with van der Waals surface area (Å²) in [5.41, 5.74) is 1.15. The average Bonchev–Trinajstić information content (AvgIpc) is 2.91. The highest BCUT2D eigenvalue weighted by atomic mass is 19.4. The van der Waals surface area contributed by atoms with E-state index in [9.17, 15) is 13.2 Å². The summed E-state index contributed by atoms with van der Waals surface area (Å²) in [6, 6.07) is 1.35. The summed E-state index contributed by atoms with van der Waals surface area (Å²) < 4.78 is 40.8. The van der Waals surface area contributed by atoms with Crippen molar-refractivity contribution >= 4 is 11.3 Å². The SMILES string of the molecule is CCc1cn2cc(C(F)(F)F)cc(NC3CCNCC3)c2n1. The molecule has 3 rings (SSSR count). The van der Waals surface area contributed by atoms with E-state index >= 15 is 0 Å². The Labute approximate surface area is 126 Å². The minimum absolute atomic E-state index is 0.176. The third kappa shape index (κ3) is 3.04. The number of alkyl halides is 3. The van der Waals surface area contributed by atoms with Gasteiger partial charge in [0.25, 0.3) is 0 Å². The van der Waals surface area contributed by atoms with Crippen LogP contribution in [0.5, 0.6) is 0 Å². The molecule has 0 aliphatic carbocycles. The predicted molar refractivity (Wildman–Crippen MR) is 79.1 cm³/mol. The number of rotatable bonds is 3. The van der Waals surface area contributed by atoms with Crippen LogP contribution in [-0.2, 0) is 12.6 Å². The molecular weight excluding hydrogens is 293 g/mol. The molecule has 2 aromatic rings. The van der Waals surface area contributed by atoms with E-state index in [4.69, 9.17) is 0 Å². The van der Waals surface area contributed by atoms with E-state index in [0.29, 0.717) is 17.8 Å². The molecule has 22 heavy (non-hydrogen) atoms. The second-order valence-corrected chi connectivity index (χ2v) is 5.63. The second-order valence-electron chi connectivity index (χ2n) is 5.63. The Morgan fingerprint density at radius 3 is 2.68 bits per heavy atom. The lowest BCUT2D eigenvalue weighted by molar-refractivity contribution is -0.137. The number of hydrogen-bond acceptors (Lipinski definition) is 3. The van der Waals surface area contributed by atoms with Gasteiger partial charge in [-0.05, 0) is 38.4 Å². The number of nitrogens with zero attached hydrogens (tertiary/aromatic N) is 2. The first-order chi connectivity index (χ1) is 10.5. The lowest BCUT2D eigenvalue weighted by atomic mass is 10.1. The molecule has 120 valence electrons. The molecule has 0 radical (unpaired) electrons. The van der Waals surface area contributed by atoms with Gasteiger partial charge in [0.15, 0.2) is 5.65 Å². The molecule has 1 saturated heterocycles. The first-order valence-electron chi connectivity index (χ1n) is 7.53. The maximum atomic E-state index is 13.1.